The molecule has 0 saturated heterocycles. The van der Waals surface area contributed by atoms with Crippen molar-refractivity contribution in [2.24, 2.45) is 23.2 Å². The van der Waals surface area contributed by atoms with Crippen LogP contribution in [0.2, 0.25) is 0 Å². The van der Waals surface area contributed by atoms with Gasteiger partial charge in [-0.15, -0.1) is 0 Å². The van der Waals surface area contributed by atoms with Crippen molar-refractivity contribution >= 4 is 11.9 Å². The lowest BCUT2D eigenvalue weighted by atomic mass is 9.74. The summed E-state index contributed by atoms with van der Waals surface area (Å²) >= 11 is 0. The Labute approximate surface area is 89.6 Å². The van der Waals surface area contributed by atoms with Crippen LogP contribution in [0, 0.1) is 23.2 Å². The minimum atomic E-state index is -3.31. The normalized spacial score (nSPS) is 43.6. The Bertz CT molecular complexity index is 404. The average molecular weight is 232 g/mol. The average Bonchev–Trinajstić information content (AvgIpc) is 2.45. The van der Waals surface area contributed by atoms with Gasteiger partial charge in [0, 0.05) is 0 Å². The van der Waals surface area contributed by atoms with Crippen molar-refractivity contribution in [1.82, 2.24) is 0 Å². The maximum Gasteiger partial charge on any atom is 0.308 e. The smallest absolute Gasteiger partial charge is 0.308 e. The molecule has 6 heteroatoms. The zero-order valence-corrected chi connectivity index (χ0v) is 8.35. The van der Waals surface area contributed by atoms with Gasteiger partial charge in [-0.3, -0.25) is 9.59 Å². The number of carbonyl (C=O) groups is 2. The molecular weight excluding hydrogens is 222 g/mol. The van der Waals surface area contributed by atoms with E-state index < -0.39 is 41.0 Å². The van der Waals surface area contributed by atoms with Gasteiger partial charge in [-0.05, 0) is 6.92 Å². The van der Waals surface area contributed by atoms with Crippen LogP contribution < -0.4 is 0 Å². The topological polar surface area (TPSA) is 74.6 Å². The van der Waals surface area contributed by atoms with E-state index in [1.807, 2.05) is 0 Å². The number of rotatable bonds is 2. The SMILES string of the molecule is CC12C=CC(C(C(=O)O)C1C(=O)O)C2(F)F. The van der Waals surface area contributed by atoms with Crippen LogP contribution in [0.3, 0.4) is 0 Å². The van der Waals surface area contributed by atoms with E-state index in [9.17, 15) is 18.4 Å². The van der Waals surface area contributed by atoms with E-state index in [2.05, 4.69) is 0 Å². The molecule has 0 radical (unpaired) electrons. The fraction of sp³-hybridized carbons (Fsp3) is 0.600. The van der Waals surface area contributed by atoms with Gasteiger partial charge in [-0.2, -0.15) is 0 Å². The largest absolute Gasteiger partial charge is 0.481 e. The summed E-state index contributed by atoms with van der Waals surface area (Å²) in [6.45, 7) is 1.10. The number of aliphatic carboxylic acids is 2. The van der Waals surface area contributed by atoms with Crippen molar-refractivity contribution in [1.29, 1.82) is 0 Å². The van der Waals surface area contributed by atoms with Crippen molar-refractivity contribution in [2.45, 2.75) is 12.8 Å². The van der Waals surface area contributed by atoms with E-state index in [1.54, 1.807) is 0 Å². The second-order valence-electron chi connectivity index (χ2n) is 4.47. The number of alkyl halides is 2. The third kappa shape index (κ3) is 0.968. The van der Waals surface area contributed by atoms with Crippen LogP contribution in [0.25, 0.3) is 0 Å². The van der Waals surface area contributed by atoms with Crippen molar-refractivity contribution in [3.63, 3.8) is 0 Å². The fourth-order valence-corrected chi connectivity index (χ4v) is 2.84. The minimum Gasteiger partial charge on any atom is -0.481 e. The molecule has 2 rings (SSSR count). The summed E-state index contributed by atoms with van der Waals surface area (Å²) in [5.41, 5.74) is -1.90. The Balaban J connectivity index is 2.57. The van der Waals surface area contributed by atoms with Crippen LogP contribution in [0.1, 0.15) is 6.92 Å². The number of carboxylic acid groups (broad SMARTS) is 2. The third-order valence-electron chi connectivity index (χ3n) is 3.73. The zero-order valence-electron chi connectivity index (χ0n) is 8.35. The molecule has 4 unspecified atom stereocenters. The highest BCUT2D eigenvalue weighted by atomic mass is 19.3. The van der Waals surface area contributed by atoms with Crippen LogP contribution in [0.4, 0.5) is 8.78 Å². The molecule has 0 spiro atoms. The molecule has 2 bridgehead atoms. The van der Waals surface area contributed by atoms with Gasteiger partial charge in [-0.1, -0.05) is 12.2 Å². The second kappa shape index (κ2) is 2.81. The lowest BCUT2D eigenvalue weighted by Gasteiger charge is -2.29. The standard InChI is InChI=1S/C10H10F2O4/c1-9-3-2-4(10(9,11)12)5(7(13)14)6(9)8(15)16/h2-6H,1H3,(H,13,14)(H,15,16). The van der Waals surface area contributed by atoms with Crippen LogP contribution in [-0.2, 0) is 9.59 Å². The molecule has 2 N–H and O–H groups in total. The molecule has 16 heavy (non-hydrogen) atoms. The van der Waals surface area contributed by atoms with Gasteiger partial charge in [-0.25, -0.2) is 8.78 Å². The van der Waals surface area contributed by atoms with Gasteiger partial charge in [0.25, 0.3) is 5.92 Å². The molecule has 0 aromatic carbocycles. The first kappa shape index (κ1) is 11.0. The van der Waals surface area contributed by atoms with E-state index in [0.29, 0.717) is 0 Å². The lowest BCUT2D eigenvalue weighted by Crippen LogP contribution is -2.40. The summed E-state index contributed by atoms with van der Waals surface area (Å²) in [4.78, 5) is 21.9. The quantitative estimate of drug-likeness (QED) is 0.702. The Kier molecular flexibility index (Phi) is 1.94. The molecule has 1 fully saturated rings. The van der Waals surface area contributed by atoms with Crippen LogP contribution in [0.15, 0.2) is 12.2 Å². The van der Waals surface area contributed by atoms with Gasteiger partial charge in [0.15, 0.2) is 0 Å². The molecule has 0 aromatic heterocycles. The Hall–Kier alpha value is -1.46. The molecule has 88 valence electrons. The predicted molar refractivity (Wildman–Crippen MR) is 47.9 cm³/mol. The third-order valence-corrected chi connectivity index (χ3v) is 3.73. The van der Waals surface area contributed by atoms with Crippen LogP contribution >= 0.6 is 0 Å². The van der Waals surface area contributed by atoms with Crippen molar-refractivity contribution < 1.29 is 28.6 Å². The van der Waals surface area contributed by atoms with Crippen LogP contribution in [-0.4, -0.2) is 28.1 Å². The molecule has 4 atom stereocenters. The molecule has 0 amide bonds. The van der Waals surface area contributed by atoms with Gasteiger partial charge >= 0.3 is 11.9 Å². The summed E-state index contributed by atoms with van der Waals surface area (Å²) < 4.78 is 27.6. The summed E-state index contributed by atoms with van der Waals surface area (Å²) in [7, 11) is 0. The lowest BCUT2D eigenvalue weighted by molar-refractivity contribution is -0.156. The van der Waals surface area contributed by atoms with Gasteiger partial charge in [0.05, 0.1) is 23.2 Å². The van der Waals surface area contributed by atoms with Crippen molar-refractivity contribution in [3.05, 3.63) is 12.2 Å². The molecule has 1 saturated carbocycles. The van der Waals surface area contributed by atoms with E-state index in [0.717, 1.165) is 19.1 Å². The molecule has 0 heterocycles. The highest BCUT2D eigenvalue weighted by molar-refractivity contribution is 5.84. The molecule has 2 aliphatic rings. The maximum absolute atomic E-state index is 13.8. The van der Waals surface area contributed by atoms with Crippen LogP contribution in [0.5, 0.6) is 0 Å². The van der Waals surface area contributed by atoms with E-state index in [4.69, 9.17) is 10.2 Å². The Morgan fingerprint density at radius 1 is 1.25 bits per heavy atom. The highest BCUT2D eigenvalue weighted by Gasteiger charge is 2.74. The Morgan fingerprint density at radius 2 is 1.81 bits per heavy atom. The first-order valence-electron chi connectivity index (χ1n) is 4.76. The summed E-state index contributed by atoms with van der Waals surface area (Å²) in [5, 5.41) is 17.8. The molecular formula is C10H10F2O4. The number of halogens is 2. The fourth-order valence-electron chi connectivity index (χ4n) is 2.84. The number of allylic oxidation sites excluding steroid dienone is 2. The van der Waals surface area contributed by atoms with Gasteiger partial charge < -0.3 is 10.2 Å². The second-order valence-corrected chi connectivity index (χ2v) is 4.47. The predicted octanol–water partition coefficient (Wildman–Crippen LogP) is 1.23. The molecule has 0 aliphatic heterocycles. The number of fused-ring (bicyclic) bond motifs is 2. The van der Waals surface area contributed by atoms with Crippen molar-refractivity contribution in [2.75, 3.05) is 0 Å². The monoisotopic (exact) mass is 232 g/mol. The van der Waals surface area contributed by atoms with Crippen molar-refractivity contribution in [3.8, 4) is 0 Å². The summed E-state index contributed by atoms with van der Waals surface area (Å²) in [6, 6.07) is 0. The molecule has 4 nitrogen and oxygen atoms in total. The maximum atomic E-state index is 13.8. The van der Waals surface area contributed by atoms with Gasteiger partial charge in [0.1, 0.15) is 0 Å². The van der Waals surface area contributed by atoms with E-state index in [1.165, 1.54) is 0 Å². The number of carboxylic acids is 2. The summed E-state index contributed by atoms with van der Waals surface area (Å²) in [5.74, 6) is -10.9. The van der Waals surface area contributed by atoms with Gasteiger partial charge in [0.2, 0.25) is 0 Å². The number of hydrogen-bond donors (Lipinski definition) is 2. The first-order valence-corrected chi connectivity index (χ1v) is 4.76. The highest BCUT2D eigenvalue weighted by Crippen LogP contribution is 2.64. The van der Waals surface area contributed by atoms with E-state index >= 15 is 0 Å². The molecule has 2 aliphatic carbocycles. The first-order chi connectivity index (χ1) is 7.23. The zero-order chi connectivity index (χ0) is 12.3. The Morgan fingerprint density at radius 3 is 2.19 bits per heavy atom. The number of hydrogen-bond acceptors (Lipinski definition) is 2. The molecule has 0 aromatic rings. The van der Waals surface area contributed by atoms with E-state index in [-0.39, 0.29) is 0 Å². The summed E-state index contributed by atoms with van der Waals surface area (Å²) in [6.07, 6.45) is 2.26. The minimum absolute atomic E-state index is 1.10.